The first-order valence-electron chi connectivity index (χ1n) is 4.52. The summed E-state index contributed by atoms with van der Waals surface area (Å²) >= 11 is 1.25. The lowest BCUT2D eigenvalue weighted by Gasteiger charge is -2.05. The van der Waals surface area contributed by atoms with Crippen molar-refractivity contribution >= 4 is 11.8 Å². The third kappa shape index (κ3) is 4.01. The van der Waals surface area contributed by atoms with Crippen molar-refractivity contribution in [1.82, 2.24) is 5.32 Å². The van der Waals surface area contributed by atoms with Crippen LogP contribution in [0.3, 0.4) is 0 Å². The molecule has 0 amide bonds. The SMILES string of the molecule is C=C(CNC)CSc1cc(F)ccc1F. The smallest absolute Gasteiger partial charge is 0.136 e. The maximum atomic E-state index is 13.2. The van der Waals surface area contributed by atoms with E-state index in [0.717, 1.165) is 17.7 Å². The second-order valence-corrected chi connectivity index (χ2v) is 4.16. The van der Waals surface area contributed by atoms with E-state index in [1.165, 1.54) is 17.8 Å². The van der Waals surface area contributed by atoms with Gasteiger partial charge in [-0.05, 0) is 25.2 Å². The zero-order chi connectivity index (χ0) is 11.3. The Labute approximate surface area is 92.6 Å². The van der Waals surface area contributed by atoms with E-state index >= 15 is 0 Å². The summed E-state index contributed by atoms with van der Waals surface area (Å²) in [4.78, 5) is 0.326. The van der Waals surface area contributed by atoms with Crippen LogP contribution in [0.15, 0.2) is 35.2 Å². The first kappa shape index (κ1) is 12.2. The van der Waals surface area contributed by atoms with E-state index in [4.69, 9.17) is 0 Å². The van der Waals surface area contributed by atoms with Crippen molar-refractivity contribution < 1.29 is 8.78 Å². The van der Waals surface area contributed by atoms with Gasteiger partial charge in [0.2, 0.25) is 0 Å². The maximum absolute atomic E-state index is 13.2. The van der Waals surface area contributed by atoms with E-state index in [-0.39, 0.29) is 0 Å². The quantitative estimate of drug-likeness (QED) is 0.615. The summed E-state index contributed by atoms with van der Waals surface area (Å²) in [5, 5.41) is 2.95. The Bertz CT molecular complexity index is 352. The fourth-order valence-corrected chi connectivity index (χ4v) is 1.93. The highest BCUT2D eigenvalue weighted by molar-refractivity contribution is 7.99. The van der Waals surface area contributed by atoms with Crippen LogP contribution in [0.25, 0.3) is 0 Å². The third-order valence-corrected chi connectivity index (χ3v) is 2.93. The fraction of sp³-hybridized carbons (Fsp3) is 0.273. The molecular weight excluding hydrogens is 216 g/mol. The van der Waals surface area contributed by atoms with Crippen LogP contribution in [0, 0.1) is 11.6 Å². The lowest BCUT2D eigenvalue weighted by molar-refractivity contribution is 0.577. The number of hydrogen-bond acceptors (Lipinski definition) is 2. The van der Waals surface area contributed by atoms with Gasteiger partial charge in [-0.15, -0.1) is 11.8 Å². The van der Waals surface area contributed by atoms with Crippen LogP contribution in [0.4, 0.5) is 8.78 Å². The van der Waals surface area contributed by atoms with Crippen LogP contribution in [0.5, 0.6) is 0 Å². The molecule has 0 spiro atoms. The van der Waals surface area contributed by atoms with E-state index in [1.54, 1.807) is 0 Å². The Balaban J connectivity index is 2.57. The molecule has 1 rings (SSSR count). The summed E-state index contributed by atoms with van der Waals surface area (Å²) in [6.45, 7) is 4.50. The lowest BCUT2D eigenvalue weighted by Crippen LogP contribution is -2.10. The molecule has 1 N–H and O–H groups in total. The summed E-state index contributed by atoms with van der Waals surface area (Å²) in [5.74, 6) is -0.224. The lowest BCUT2D eigenvalue weighted by atomic mass is 10.3. The van der Waals surface area contributed by atoms with Gasteiger partial charge in [0.1, 0.15) is 11.6 Å². The minimum absolute atomic E-state index is 0.326. The normalized spacial score (nSPS) is 10.3. The summed E-state index contributed by atoms with van der Waals surface area (Å²) in [5.41, 5.74) is 0.950. The molecule has 1 aromatic rings. The van der Waals surface area contributed by atoms with Crippen molar-refractivity contribution in [2.24, 2.45) is 0 Å². The summed E-state index contributed by atoms with van der Waals surface area (Å²) in [7, 11) is 1.82. The zero-order valence-electron chi connectivity index (χ0n) is 8.52. The predicted molar refractivity (Wildman–Crippen MR) is 60.1 cm³/mol. The highest BCUT2D eigenvalue weighted by atomic mass is 32.2. The number of rotatable bonds is 5. The van der Waals surface area contributed by atoms with Gasteiger partial charge in [0, 0.05) is 17.2 Å². The van der Waals surface area contributed by atoms with Gasteiger partial charge in [0.15, 0.2) is 0 Å². The van der Waals surface area contributed by atoms with Crippen molar-refractivity contribution in [3.8, 4) is 0 Å². The summed E-state index contributed by atoms with van der Waals surface area (Å²) in [6.07, 6.45) is 0. The Morgan fingerprint density at radius 1 is 1.47 bits per heavy atom. The van der Waals surface area contributed by atoms with Crippen LogP contribution >= 0.6 is 11.8 Å². The monoisotopic (exact) mass is 229 g/mol. The van der Waals surface area contributed by atoms with Crippen LogP contribution in [-0.4, -0.2) is 19.3 Å². The topological polar surface area (TPSA) is 12.0 Å². The largest absolute Gasteiger partial charge is 0.316 e. The number of benzene rings is 1. The zero-order valence-corrected chi connectivity index (χ0v) is 9.33. The van der Waals surface area contributed by atoms with Gasteiger partial charge in [-0.3, -0.25) is 0 Å². The highest BCUT2D eigenvalue weighted by Crippen LogP contribution is 2.23. The number of thioether (sulfide) groups is 1. The van der Waals surface area contributed by atoms with Gasteiger partial charge < -0.3 is 5.32 Å². The van der Waals surface area contributed by atoms with Gasteiger partial charge in [0.25, 0.3) is 0 Å². The average molecular weight is 229 g/mol. The molecule has 0 bridgehead atoms. The van der Waals surface area contributed by atoms with Crippen LogP contribution in [0.1, 0.15) is 0 Å². The van der Waals surface area contributed by atoms with Gasteiger partial charge >= 0.3 is 0 Å². The molecule has 0 aliphatic carbocycles. The first-order chi connectivity index (χ1) is 7.13. The molecule has 1 nitrogen and oxygen atoms in total. The van der Waals surface area contributed by atoms with Crippen LogP contribution < -0.4 is 5.32 Å². The number of nitrogens with one attached hydrogen (secondary N) is 1. The molecule has 0 fully saturated rings. The van der Waals surface area contributed by atoms with E-state index in [0.29, 0.717) is 17.2 Å². The molecule has 0 heterocycles. The van der Waals surface area contributed by atoms with E-state index in [1.807, 2.05) is 7.05 Å². The molecule has 0 radical (unpaired) electrons. The van der Waals surface area contributed by atoms with Crippen molar-refractivity contribution in [2.45, 2.75) is 4.90 Å². The Kier molecular flexibility index (Phi) is 4.78. The fourth-order valence-electron chi connectivity index (χ4n) is 1.07. The van der Waals surface area contributed by atoms with Gasteiger partial charge in [0.05, 0.1) is 0 Å². The minimum atomic E-state index is -0.418. The van der Waals surface area contributed by atoms with E-state index in [9.17, 15) is 8.78 Å². The summed E-state index contributed by atoms with van der Waals surface area (Å²) in [6, 6.07) is 3.45. The van der Waals surface area contributed by atoms with Crippen LogP contribution in [-0.2, 0) is 0 Å². The Morgan fingerprint density at radius 3 is 2.87 bits per heavy atom. The molecule has 82 valence electrons. The Hall–Kier alpha value is -0.870. The van der Waals surface area contributed by atoms with Gasteiger partial charge in [-0.2, -0.15) is 0 Å². The van der Waals surface area contributed by atoms with Crippen LogP contribution in [0.2, 0.25) is 0 Å². The molecule has 0 aliphatic rings. The van der Waals surface area contributed by atoms with Gasteiger partial charge in [-0.25, -0.2) is 8.78 Å². The predicted octanol–water partition coefficient (Wildman–Crippen LogP) is 2.83. The molecule has 15 heavy (non-hydrogen) atoms. The molecule has 1 aromatic carbocycles. The second kappa shape index (κ2) is 5.88. The third-order valence-electron chi connectivity index (χ3n) is 1.75. The molecule has 0 aliphatic heterocycles. The molecule has 4 heteroatoms. The van der Waals surface area contributed by atoms with Crippen molar-refractivity contribution in [2.75, 3.05) is 19.3 Å². The number of halogens is 2. The standard InChI is InChI=1S/C11H13F2NS/c1-8(6-14-2)7-15-11-5-9(12)3-4-10(11)13/h3-5,14H,1,6-7H2,2H3. The van der Waals surface area contributed by atoms with E-state index in [2.05, 4.69) is 11.9 Å². The minimum Gasteiger partial charge on any atom is -0.316 e. The Morgan fingerprint density at radius 2 is 2.20 bits per heavy atom. The van der Waals surface area contributed by atoms with Crippen molar-refractivity contribution in [3.63, 3.8) is 0 Å². The molecular formula is C11H13F2NS. The van der Waals surface area contributed by atoms with E-state index < -0.39 is 11.6 Å². The molecule has 0 saturated heterocycles. The number of hydrogen-bond donors (Lipinski definition) is 1. The molecule has 0 aromatic heterocycles. The molecule has 0 saturated carbocycles. The maximum Gasteiger partial charge on any atom is 0.136 e. The highest BCUT2D eigenvalue weighted by Gasteiger charge is 2.04. The summed E-state index contributed by atoms with van der Waals surface area (Å²) < 4.78 is 26.0. The second-order valence-electron chi connectivity index (χ2n) is 3.14. The average Bonchev–Trinajstić information content (AvgIpc) is 2.20. The molecule has 0 unspecified atom stereocenters. The van der Waals surface area contributed by atoms with Gasteiger partial charge in [-0.1, -0.05) is 12.2 Å². The first-order valence-corrected chi connectivity index (χ1v) is 5.51. The number of likely N-dealkylation sites (N-methyl/N-ethyl adjacent to an activating group) is 1. The van der Waals surface area contributed by atoms with Crippen molar-refractivity contribution in [3.05, 3.63) is 42.0 Å². The molecule has 0 atom stereocenters. The van der Waals surface area contributed by atoms with Crippen molar-refractivity contribution in [1.29, 1.82) is 0 Å².